The zero-order valence-electron chi connectivity index (χ0n) is 51.5. The maximum absolute atomic E-state index is 12.9. The number of phosphoric ester groups is 2. The molecule has 3 N–H and O–H groups in total. The van der Waals surface area contributed by atoms with Gasteiger partial charge in [0, 0.05) is 25.7 Å². The molecule has 0 aromatic carbocycles. The van der Waals surface area contributed by atoms with Crippen molar-refractivity contribution in [3.8, 4) is 0 Å². The van der Waals surface area contributed by atoms with Gasteiger partial charge in [-0.2, -0.15) is 0 Å². The molecule has 474 valence electrons. The van der Waals surface area contributed by atoms with E-state index in [4.69, 9.17) is 37.0 Å². The lowest BCUT2D eigenvalue weighted by Crippen LogP contribution is -2.30. The van der Waals surface area contributed by atoms with E-state index in [-0.39, 0.29) is 25.7 Å². The Bertz CT molecular complexity index is 1600. The van der Waals surface area contributed by atoms with E-state index in [1.54, 1.807) is 0 Å². The molecule has 0 spiro atoms. The van der Waals surface area contributed by atoms with Crippen LogP contribution in [0.4, 0.5) is 0 Å². The third kappa shape index (κ3) is 55.3. The molecule has 5 atom stereocenters. The van der Waals surface area contributed by atoms with Crippen LogP contribution in [0.15, 0.2) is 0 Å². The maximum Gasteiger partial charge on any atom is 0.472 e. The third-order valence-corrected chi connectivity index (χ3v) is 15.8. The van der Waals surface area contributed by atoms with Crippen molar-refractivity contribution in [2.24, 2.45) is 17.8 Å². The first kappa shape index (κ1) is 78.1. The van der Waals surface area contributed by atoms with Crippen LogP contribution in [0.3, 0.4) is 0 Å². The van der Waals surface area contributed by atoms with E-state index in [2.05, 4.69) is 48.5 Å². The number of rotatable bonds is 59. The first-order valence-corrected chi connectivity index (χ1v) is 34.8. The van der Waals surface area contributed by atoms with Crippen LogP contribution in [-0.2, 0) is 65.4 Å². The van der Waals surface area contributed by atoms with E-state index >= 15 is 0 Å². The highest BCUT2D eigenvalue weighted by atomic mass is 31.2. The third-order valence-electron chi connectivity index (χ3n) is 13.9. The zero-order valence-corrected chi connectivity index (χ0v) is 53.3. The fourth-order valence-corrected chi connectivity index (χ4v) is 10.5. The largest absolute Gasteiger partial charge is 0.472 e. The molecule has 0 saturated heterocycles. The molecule has 0 amide bonds. The van der Waals surface area contributed by atoms with Gasteiger partial charge in [0.1, 0.15) is 19.3 Å². The number of carbonyl (C=O) groups excluding carboxylic acids is 4. The molecule has 0 bridgehead atoms. The summed E-state index contributed by atoms with van der Waals surface area (Å²) in [5, 5.41) is 10.5. The second kappa shape index (κ2) is 52.6. The molecule has 0 saturated carbocycles. The number of aliphatic hydroxyl groups is 1. The molecule has 0 aliphatic heterocycles. The Morgan fingerprint density at radius 2 is 0.575 bits per heavy atom. The lowest BCUT2D eigenvalue weighted by molar-refractivity contribution is -0.161. The Hall–Kier alpha value is -1.94. The number of esters is 4. The average molecular weight is 1190 g/mol. The van der Waals surface area contributed by atoms with Crippen molar-refractivity contribution in [3.63, 3.8) is 0 Å². The molecule has 80 heavy (non-hydrogen) atoms. The van der Waals surface area contributed by atoms with Crippen molar-refractivity contribution >= 4 is 39.5 Å². The lowest BCUT2D eigenvalue weighted by atomic mass is 10.0. The van der Waals surface area contributed by atoms with Gasteiger partial charge in [0.05, 0.1) is 26.4 Å². The van der Waals surface area contributed by atoms with Crippen LogP contribution in [0, 0.1) is 17.8 Å². The zero-order chi connectivity index (χ0) is 59.5. The average Bonchev–Trinajstić information content (AvgIpc) is 3.40. The SMILES string of the molecule is CCCCCCCCCCC(=O)OC[C@H](COP(=O)(O)OC[C@H](O)COP(=O)(O)OC[C@@H](COC(=O)CCCCCCCCCCC(C)C)OC(=O)CCCCCCCCCCCC(C)C)OC(=O)CCCCCCCCC(C)C. The summed E-state index contributed by atoms with van der Waals surface area (Å²) < 4.78 is 67.8. The van der Waals surface area contributed by atoms with E-state index in [1.807, 2.05) is 0 Å². The summed E-state index contributed by atoms with van der Waals surface area (Å²) >= 11 is 0. The maximum atomic E-state index is 12.9. The van der Waals surface area contributed by atoms with E-state index in [0.717, 1.165) is 108 Å². The Morgan fingerprint density at radius 1 is 0.338 bits per heavy atom. The number of carbonyl (C=O) groups is 4. The number of hydrogen-bond donors (Lipinski definition) is 3. The van der Waals surface area contributed by atoms with Gasteiger partial charge in [-0.25, -0.2) is 9.13 Å². The van der Waals surface area contributed by atoms with Crippen molar-refractivity contribution in [1.29, 1.82) is 0 Å². The number of hydrogen-bond acceptors (Lipinski definition) is 15. The van der Waals surface area contributed by atoms with Gasteiger partial charge < -0.3 is 33.8 Å². The van der Waals surface area contributed by atoms with Crippen molar-refractivity contribution in [2.45, 2.75) is 311 Å². The van der Waals surface area contributed by atoms with Crippen LogP contribution < -0.4 is 0 Å². The monoisotopic (exact) mass is 1180 g/mol. The van der Waals surface area contributed by atoms with Gasteiger partial charge in [0.15, 0.2) is 12.2 Å². The Kier molecular flexibility index (Phi) is 51.3. The molecule has 0 aliphatic carbocycles. The van der Waals surface area contributed by atoms with Gasteiger partial charge in [-0.3, -0.25) is 37.3 Å². The van der Waals surface area contributed by atoms with E-state index < -0.39 is 97.5 Å². The number of phosphoric acid groups is 2. The van der Waals surface area contributed by atoms with Gasteiger partial charge >= 0.3 is 39.5 Å². The standard InChI is InChI=1S/C61H118O17P2/c1-8-9-10-11-12-20-28-35-42-58(63)71-49-57(78-61(66)45-38-31-24-23-27-34-41-54(6)7)51-76-80(69,70)74-47-55(62)46-73-79(67,68)75-50-56(48-72-59(64)43-36-29-21-17-16-19-26-33-40-53(4)5)77-60(65)44-37-30-22-15-13-14-18-25-32-39-52(2)3/h52-57,62H,8-51H2,1-7H3,(H,67,68)(H,69,70)/t55-,56-,57-/m1/s1. The van der Waals surface area contributed by atoms with Crippen LogP contribution in [0.2, 0.25) is 0 Å². The predicted molar refractivity (Wildman–Crippen MR) is 317 cm³/mol. The number of aliphatic hydroxyl groups excluding tert-OH is 1. The van der Waals surface area contributed by atoms with E-state index in [1.165, 1.54) is 96.3 Å². The van der Waals surface area contributed by atoms with Crippen LogP contribution in [-0.4, -0.2) is 96.7 Å². The van der Waals surface area contributed by atoms with E-state index in [9.17, 15) is 43.2 Å². The van der Waals surface area contributed by atoms with Crippen molar-refractivity contribution in [3.05, 3.63) is 0 Å². The summed E-state index contributed by atoms with van der Waals surface area (Å²) in [6, 6.07) is 0. The molecule has 17 nitrogen and oxygen atoms in total. The molecule has 0 rings (SSSR count). The topological polar surface area (TPSA) is 237 Å². The quantitative estimate of drug-likeness (QED) is 0.0222. The highest BCUT2D eigenvalue weighted by Gasteiger charge is 2.30. The van der Waals surface area contributed by atoms with Gasteiger partial charge in [0.25, 0.3) is 0 Å². The van der Waals surface area contributed by atoms with Crippen LogP contribution in [0.1, 0.15) is 292 Å². The summed E-state index contributed by atoms with van der Waals surface area (Å²) in [6.07, 6.45) is 32.3. The molecule has 0 radical (unpaired) electrons. The number of ether oxygens (including phenoxy) is 4. The van der Waals surface area contributed by atoms with Crippen molar-refractivity contribution in [1.82, 2.24) is 0 Å². The normalized spacial score (nSPS) is 14.5. The summed E-state index contributed by atoms with van der Waals surface area (Å²) in [4.78, 5) is 72.0. The van der Waals surface area contributed by atoms with Gasteiger partial charge in [-0.1, -0.05) is 241 Å². The minimum absolute atomic E-state index is 0.101. The molecule has 0 heterocycles. The Morgan fingerprint density at radius 3 is 0.850 bits per heavy atom. The minimum atomic E-state index is -4.94. The van der Waals surface area contributed by atoms with Crippen LogP contribution in [0.25, 0.3) is 0 Å². The molecule has 0 aromatic heterocycles. The lowest BCUT2D eigenvalue weighted by Gasteiger charge is -2.21. The fraction of sp³-hybridized carbons (Fsp3) is 0.934. The molecule has 2 unspecified atom stereocenters. The summed E-state index contributed by atoms with van der Waals surface area (Å²) in [7, 11) is -9.88. The predicted octanol–water partition coefficient (Wildman–Crippen LogP) is 16.3. The molecule has 0 fully saturated rings. The fourth-order valence-electron chi connectivity index (χ4n) is 8.95. The molecule has 0 aliphatic rings. The highest BCUT2D eigenvalue weighted by molar-refractivity contribution is 7.47. The van der Waals surface area contributed by atoms with Gasteiger partial charge in [-0.15, -0.1) is 0 Å². The molecular formula is C61H118O17P2. The van der Waals surface area contributed by atoms with Crippen LogP contribution >= 0.6 is 15.6 Å². The molecule has 19 heteroatoms. The summed E-state index contributed by atoms with van der Waals surface area (Å²) in [5.74, 6) is -0.0147. The number of unbranched alkanes of at least 4 members (excludes halogenated alkanes) is 27. The minimum Gasteiger partial charge on any atom is -0.462 e. The highest BCUT2D eigenvalue weighted by Crippen LogP contribution is 2.45. The van der Waals surface area contributed by atoms with E-state index in [0.29, 0.717) is 31.6 Å². The summed E-state index contributed by atoms with van der Waals surface area (Å²) in [6.45, 7) is 11.6. The Balaban J connectivity index is 5.23. The smallest absolute Gasteiger partial charge is 0.462 e. The second-order valence-electron chi connectivity index (χ2n) is 23.5. The summed E-state index contributed by atoms with van der Waals surface area (Å²) in [5.41, 5.74) is 0. The second-order valence-corrected chi connectivity index (χ2v) is 26.4. The van der Waals surface area contributed by atoms with Crippen molar-refractivity contribution < 1.29 is 80.2 Å². The Labute approximate surface area is 486 Å². The van der Waals surface area contributed by atoms with Crippen LogP contribution in [0.5, 0.6) is 0 Å². The van der Waals surface area contributed by atoms with Crippen molar-refractivity contribution in [2.75, 3.05) is 39.6 Å². The first-order valence-electron chi connectivity index (χ1n) is 31.8. The molecule has 0 aromatic rings. The first-order chi connectivity index (χ1) is 38.2. The molecular weight excluding hydrogens is 1070 g/mol. The van der Waals surface area contributed by atoms with Gasteiger partial charge in [-0.05, 0) is 43.4 Å². The van der Waals surface area contributed by atoms with Gasteiger partial charge in [0.2, 0.25) is 0 Å².